The second-order valence-corrected chi connectivity index (χ2v) is 4.62. The van der Waals surface area contributed by atoms with E-state index < -0.39 is 0 Å². The number of hydrogen-bond donors (Lipinski definition) is 1. The maximum atomic E-state index is 14.1. The smallest absolute Gasteiger partial charge is 0.145 e. The van der Waals surface area contributed by atoms with Gasteiger partial charge in [0, 0.05) is 17.8 Å². The Morgan fingerprint density at radius 1 is 1.30 bits per heavy atom. The lowest BCUT2D eigenvalue weighted by atomic mass is 10.1. The van der Waals surface area contributed by atoms with Crippen LogP contribution in [0, 0.1) is 5.82 Å². The van der Waals surface area contributed by atoms with Gasteiger partial charge >= 0.3 is 0 Å². The number of nitrogens with one attached hydrogen (secondary N) is 1. The molecule has 0 aliphatic rings. The van der Waals surface area contributed by atoms with E-state index in [-0.39, 0.29) is 11.9 Å². The lowest BCUT2D eigenvalue weighted by Crippen LogP contribution is -2.20. The van der Waals surface area contributed by atoms with Gasteiger partial charge in [-0.25, -0.2) is 4.39 Å². The highest BCUT2D eigenvalue weighted by Gasteiger charge is 2.16. The summed E-state index contributed by atoms with van der Waals surface area (Å²) in [7, 11) is 0. The van der Waals surface area contributed by atoms with Crippen LogP contribution in [0.15, 0.2) is 42.7 Å². The van der Waals surface area contributed by atoms with Crippen LogP contribution in [-0.4, -0.2) is 11.5 Å². The van der Waals surface area contributed by atoms with Crippen molar-refractivity contribution in [1.29, 1.82) is 0 Å². The number of hydrogen-bond acceptors (Lipinski definition) is 3. The molecule has 0 spiro atoms. The molecule has 1 heterocycles. The largest absolute Gasteiger partial charge is 0.455 e. The van der Waals surface area contributed by atoms with Crippen LogP contribution < -0.4 is 10.1 Å². The van der Waals surface area contributed by atoms with Gasteiger partial charge in [0.25, 0.3) is 0 Å². The SMILES string of the molecule is CCCNC(C)c1c(F)cccc1Oc1cccnc1. The average Bonchev–Trinajstić information content (AvgIpc) is 2.46. The van der Waals surface area contributed by atoms with Crippen LogP contribution >= 0.6 is 0 Å². The molecule has 106 valence electrons. The molecule has 3 nitrogen and oxygen atoms in total. The minimum atomic E-state index is -0.262. The first kappa shape index (κ1) is 14.5. The zero-order valence-electron chi connectivity index (χ0n) is 11.8. The summed E-state index contributed by atoms with van der Waals surface area (Å²) in [5, 5.41) is 3.28. The predicted molar refractivity (Wildman–Crippen MR) is 77.4 cm³/mol. The molecule has 0 aliphatic carbocycles. The minimum absolute atomic E-state index is 0.108. The number of pyridine rings is 1. The molecule has 1 aromatic heterocycles. The van der Waals surface area contributed by atoms with Crippen molar-refractivity contribution in [1.82, 2.24) is 10.3 Å². The minimum Gasteiger partial charge on any atom is -0.455 e. The van der Waals surface area contributed by atoms with Gasteiger partial charge in [-0.05, 0) is 44.2 Å². The quantitative estimate of drug-likeness (QED) is 0.862. The van der Waals surface area contributed by atoms with E-state index in [0.29, 0.717) is 17.1 Å². The molecule has 0 bridgehead atoms. The van der Waals surface area contributed by atoms with E-state index in [1.165, 1.54) is 6.07 Å². The van der Waals surface area contributed by atoms with Crippen LogP contribution in [0.5, 0.6) is 11.5 Å². The first-order valence-electron chi connectivity index (χ1n) is 6.82. The molecule has 1 unspecified atom stereocenters. The molecule has 0 amide bonds. The van der Waals surface area contributed by atoms with Gasteiger partial charge in [0.1, 0.15) is 17.3 Å². The zero-order chi connectivity index (χ0) is 14.4. The van der Waals surface area contributed by atoms with Gasteiger partial charge in [-0.3, -0.25) is 4.98 Å². The maximum Gasteiger partial charge on any atom is 0.145 e. The molecule has 0 saturated carbocycles. The van der Waals surface area contributed by atoms with E-state index >= 15 is 0 Å². The summed E-state index contributed by atoms with van der Waals surface area (Å²) < 4.78 is 19.8. The van der Waals surface area contributed by atoms with Crippen LogP contribution in [0.2, 0.25) is 0 Å². The maximum absolute atomic E-state index is 14.1. The fourth-order valence-corrected chi connectivity index (χ4v) is 2.02. The predicted octanol–water partition coefficient (Wildman–Crippen LogP) is 4.07. The summed E-state index contributed by atoms with van der Waals surface area (Å²) in [5.41, 5.74) is 0.546. The molecule has 20 heavy (non-hydrogen) atoms. The highest BCUT2D eigenvalue weighted by molar-refractivity contribution is 5.40. The highest BCUT2D eigenvalue weighted by Crippen LogP contribution is 2.31. The van der Waals surface area contributed by atoms with E-state index in [1.54, 1.807) is 36.7 Å². The van der Waals surface area contributed by atoms with Crippen LogP contribution in [-0.2, 0) is 0 Å². The van der Waals surface area contributed by atoms with Crippen molar-refractivity contribution in [3.05, 3.63) is 54.1 Å². The van der Waals surface area contributed by atoms with Crippen LogP contribution in [0.4, 0.5) is 4.39 Å². The molecule has 0 aliphatic heterocycles. The Kier molecular flexibility index (Phi) is 5.07. The zero-order valence-corrected chi connectivity index (χ0v) is 11.8. The Labute approximate surface area is 118 Å². The molecule has 2 rings (SSSR count). The van der Waals surface area contributed by atoms with Crippen molar-refractivity contribution in [3.8, 4) is 11.5 Å². The van der Waals surface area contributed by atoms with Crippen molar-refractivity contribution in [3.63, 3.8) is 0 Å². The number of aromatic nitrogens is 1. The van der Waals surface area contributed by atoms with E-state index in [0.717, 1.165) is 13.0 Å². The van der Waals surface area contributed by atoms with Gasteiger partial charge in [0.15, 0.2) is 0 Å². The summed E-state index contributed by atoms with van der Waals surface area (Å²) in [6.45, 7) is 4.85. The normalized spacial score (nSPS) is 12.2. The molecule has 2 aromatic rings. The molecule has 0 saturated heterocycles. The number of ether oxygens (including phenoxy) is 1. The van der Waals surface area contributed by atoms with Gasteiger partial charge in [-0.2, -0.15) is 0 Å². The van der Waals surface area contributed by atoms with E-state index in [9.17, 15) is 4.39 Å². The summed E-state index contributed by atoms with van der Waals surface area (Å²) >= 11 is 0. The molecule has 4 heteroatoms. The van der Waals surface area contributed by atoms with Crippen molar-refractivity contribution in [2.75, 3.05) is 6.54 Å². The van der Waals surface area contributed by atoms with Crippen molar-refractivity contribution in [2.45, 2.75) is 26.3 Å². The van der Waals surface area contributed by atoms with Crippen LogP contribution in [0.3, 0.4) is 0 Å². The molecular weight excluding hydrogens is 255 g/mol. The number of rotatable bonds is 6. The second-order valence-electron chi connectivity index (χ2n) is 4.62. The monoisotopic (exact) mass is 274 g/mol. The van der Waals surface area contributed by atoms with Gasteiger partial charge in [-0.1, -0.05) is 13.0 Å². The van der Waals surface area contributed by atoms with E-state index in [2.05, 4.69) is 17.2 Å². The Morgan fingerprint density at radius 2 is 2.15 bits per heavy atom. The third-order valence-corrected chi connectivity index (χ3v) is 3.01. The molecule has 1 N–H and O–H groups in total. The van der Waals surface area contributed by atoms with Crippen LogP contribution in [0.1, 0.15) is 31.9 Å². The lowest BCUT2D eigenvalue weighted by Gasteiger charge is -2.18. The summed E-state index contributed by atoms with van der Waals surface area (Å²) in [4.78, 5) is 3.99. The Hall–Kier alpha value is -1.94. The van der Waals surface area contributed by atoms with E-state index in [4.69, 9.17) is 4.74 Å². The highest BCUT2D eigenvalue weighted by atomic mass is 19.1. The van der Waals surface area contributed by atoms with Crippen molar-refractivity contribution in [2.24, 2.45) is 0 Å². The van der Waals surface area contributed by atoms with E-state index in [1.807, 2.05) is 6.92 Å². The molecular formula is C16H19FN2O. The third kappa shape index (κ3) is 3.54. The number of halogens is 1. The number of benzene rings is 1. The van der Waals surface area contributed by atoms with Gasteiger partial charge in [0.05, 0.1) is 6.20 Å². The molecule has 1 atom stereocenters. The summed E-state index contributed by atoms with van der Waals surface area (Å²) in [6.07, 6.45) is 4.28. The Balaban J connectivity index is 2.26. The number of nitrogens with zero attached hydrogens (tertiary/aromatic N) is 1. The lowest BCUT2D eigenvalue weighted by molar-refractivity contribution is 0.444. The van der Waals surface area contributed by atoms with Crippen molar-refractivity contribution >= 4 is 0 Å². The second kappa shape index (κ2) is 7.01. The Morgan fingerprint density at radius 3 is 2.85 bits per heavy atom. The molecule has 1 aromatic carbocycles. The fraction of sp³-hybridized carbons (Fsp3) is 0.312. The first-order chi connectivity index (χ1) is 9.72. The summed E-state index contributed by atoms with van der Waals surface area (Å²) in [6, 6.07) is 8.35. The fourth-order valence-electron chi connectivity index (χ4n) is 2.02. The summed E-state index contributed by atoms with van der Waals surface area (Å²) in [5.74, 6) is 0.860. The van der Waals surface area contributed by atoms with Crippen molar-refractivity contribution < 1.29 is 9.13 Å². The average molecular weight is 274 g/mol. The third-order valence-electron chi connectivity index (χ3n) is 3.01. The standard InChI is InChI=1S/C16H19FN2O/c1-3-9-19-12(2)16-14(17)7-4-8-15(16)20-13-6-5-10-18-11-13/h4-8,10-12,19H,3,9H2,1-2H3. The molecule has 0 fully saturated rings. The van der Waals surface area contributed by atoms with Gasteiger partial charge < -0.3 is 10.1 Å². The van der Waals surface area contributed by atoms with Gasteiger partial charge in [0.2, 0.25) is 0 Å². The molecule has 0 radical (unpaired) electrons. The Bertz CT molecular complexity index is 545. The van der Waals surface area contributed by atoms with Gasteiger partial charge in [-0.15, -0.1) is 0 Å². The first-order valence-corrected chi connectivity index (χ1v) is 6.82. The topological polar surface area (TPSA) is 34.1 Å². The van der Waals surface area contributed by atoms with Crippen LogP contribution in [0.25, 0.3) is 0 Å².